The lowest BCUT2D eigenvalue weighted by atomic mass is 9.92. The molecule has 31 nitrogen and oxygen atoms in total. The molecule has 3 saturated heterocycles. The van der Waals surface area contributed by atoms with Gasteiger partial charge in [-0.1, -0.05) is 34.6 Å². The molecule has 3 rings (SSSR count). The number of nitrogens with one attached hydrogen (secondary N) is 7. The number of amides is 6. The highest BCUT2D eigenvalue weighted by Crippen LogP contribution is 2.29. The molecule has 0 saturated carbocycles. The van der Waals surface area contributed by atoms with E-state index in [4.69, 9.17) is 42.6 Å². The van der Waals surface area contributed by atoms with E-state index < -0.39 is 117 Å². The summed E-state index contributed by atoms with van der Waals surface area (Å²) in [5.74, 6) is -3.18. The number of hydrogen-bond acceptors (Lipinski definition) is 25. The van der Waals surface area contributed by atoms with Gasteiger partial charge in [0.25, 0.3) is 0 Å². The van der Waals surface area contributed by atoms with Crippen molar-refractivity contribution < 1.29 is 117 Å². The number of carbonyl (C=O) groups is 6. The molecule has 31 heteroatoms. The first-order chi connectivity index (χ1) is 42.6. The lowest BCUT2D eigenvalue weighted by Gasteiger charge is -2.40. The Bertz CT molecular complexity index is 1790. The minimum atomic E-state index is -1.22. The van der Waals surface area contributed by atoms with Crippen LogP contribution in [-0.4, -0.2) is 285 Å². The fraction of sp³-hybridized carbons (Fsp3) is 0.897. The zero-order valence-electron chi connectivity index (χ0n) is 52.6. The predicted molar refractivity (Wildman–Crippen MR) is 316 cm³/mol. The van der Waals surface area contributed by atoms with Gasteiger partial charge in [-0.2, -0.15) is 0 Å². The van der Waals surface area contributed by atoms with Crippen LogP contribution in [-0.2, 0) is 71.4 Å². The van der Waals surface area contributed by atoms with Gasteiger partial charge in [-0.05, 0) is 38.5 Å². The second-order valence-corrected chi connectivity index (χ2v) is 23.3. The van der Waals surface area contributed by atoms with Gasteiger partial charge in [0.1, 0.15) is 36.6 Å². The number of aliphatic hydroxyl groups excluding tert-OH is 9. The summed E-state index contributed by atoms with van der Waals surface area (Å²) in [4.78, 5) is 75.6. The molecule has 6 unspecified atom stereocenters. The van der Waals surface area contributed by atoms with Gasteiger partial charge in [-0.15, -0.1) is 0 Å². The zero-order valence-corrected chi connectivity index (χ0v) is 52.6. The Morgan fingerprint density at radius 2 is 0.629 bits per heavy atom. The molecule has 3 heterocycles. The summed E-state index contributed by atoms with van der Waals surface area (Å²) in [6, 6.07) is -0.125. The second kappa shape index (κ2) is 44.6. The smallest absolute Gasteiger partial charge is 0.222 e. The van der Waals surface area contributed by atoms with Crippen molar-refractivity contribution in [3.05, 3.63) is 0 Å². The fourth-order valence-corrected chi connectivity index (χ4v) is 9.89. The van der Waals surface area contributed by atoms with Gasteiger partial charge in [-0.25, -0.2) is 0 Å². The summed E-state index contributed by atoms with van der Waals surface area (Å²) in [6.07, 6.45) is -8.73. The summed E-state index contributed by atoms with van der Waals surface area (Å²) in [5, 5.41) is 109. The first-order valence-corrected chi connectivity index (χ1v) is 31.4. The predicted octanol–water partition coefficient (Wildman–Crippen LogP) is -4.57. The van der Waals surface area contributed by atoms with Crippen molar-refractivity contribution in [1.82, 2.24) is 37.2 Å². The number of hydrogen-bond donors (Lipinski definition) is 16. The van der Waals surface area contributed by atoms with Gasteiger partial charge < -0.3 is 126 Å². The van der Waals surface area contributed by atoms with E-state index in [1.54, 1.807) is 20.8 Å². The molecular formula is C58H107N7O24. The Kier molecular flexibility index (Phi) is 39.7. The summed E-state index contributed by atoms with van der Waals surface area (Å²) >= 11 is 0. The molecular weight excluding hydrogens is 1180 g/mol. The van der Waals surface area contributed by atoms with Crippen LogP contribution in [0.25, 0.3) is 0 Å². The number of rotatable bonds is 47. The van der Waals surface area contributed by atoms with Crippen LogP contribution in [0.3, 0.4) is 0 Å². The molecule has 6 amide bonds. The number of ether oxygens (including phenoxy) is 9. The standard InChI is InChI=1S/C58H107N7O24/c1-36(2)65-58(33-81-27-15-46(72)62-21-18-59-43(69)12-6-9-24-84-55-37(3)49(75)52(78)40(30-66)87-55,34-82-28-16-47(73)63-22-19-60-44(70)13-7-10-25-85-56-38(4)50(76)53(79)41(31-67)88-56)35-83-29-17-48(74)64-23-20-61-45(71)14-8-11-26-86-57-39(5)51(77)54(80)42(32-68)89-57/h36-42,49-57,65-68,75-80H,6-35H2,1-5H3,(H,59,69)(H,60,70)(H,61,71)(H,62,72)(H,63,73)(H,64,74)/t37?,38?,39?,40?,41?,42?,49-,50-,51-,52+,53+,54+,55-,56-,57-,58?/m1/s1. The summed E-state index contributed by atoms with van der Waals surface area (Å²) in [5.41, 5.74) is -1.01. The Morgan fingerprint density at radius 3 is 0.865 bits per heavy atom. The highest BCUT2D eigenvalue weighted by Gasteiger charge is 2.45. The average Bonchev–Trinajstić information content (AvgIpc) is 2.60. The quantitative estimate of drug-likeness (QED) is 0.0255. The van der Waals surface area contributed by atoms with E-state index in [-0.39, 0.29) is 179 Å². The van der Waals surface area contributed by atoms with Gasteiger partial charge in [0.15, 0.2) is 18.9 Å². The van der Waals surface area contributed by atoms with Crippen LogP contribution in [0.4, 0.5) is 0 Å². The maximum absolute atomic E-state index is 12.8. The summed E-state index contributed by atoms with van der Waals surface area (Å²) < 4.78 is 51.8. The lowest BCUT2D eigenvalue weighted by Crippen LogP contribution is -2.59. The van der Waals surface area contributed by atoms with Crippen LogP contribution < -0.4 is 37.2 Å². The topological polar surface area (TPSA) is 452 Å². The highest BCUT2D eigenvalue weighted by molar-refractivity contribution is 5.78. The second-order valence-electron chi connectivity index (χ2n) is 23.3. The average molecular weight is 1290 g/mol. The van der Waals surface area contributed by atoms with E-state index in [9.17, 15) is 74.7 Å². The van der Waals surface area contributed by atoms with Gasteiger partial charge in [0.05, 0.1) is 83.3 Å². The van der Waals surface area contributed by atoms with Gasteiger partial charge in [0.2, 0.25) is 35.4 Å². The number of aliphatic hydroxyl groups is 9. The Balaban J connectivity index is 1.38. The van der Waals surface area contributed by atoms with Crippen LogP contribution in [0, 0.1) is 17.8 Å². The van der Waals surface area contributed by atoms with Crippen molar-refractivity contribution in [3.63, 3.8) is 0 Å². The molecule has 0 aromatic rings. The molecule has 0 aromatic carbocycles. The number of carbonyl (C=O) groups excluding carboxylic acids is 6. The highest BCUT2D eigenvalue weighted by atomic mass is 16.7. The third-order valence-corrected chi connectivity index (χ3v) is 15.3. The van der Waals surface area contributed by atoms with E-state index in [0.717, 1.165) is 0 Å². The molecule has 0 aliphatic carbocycles. The molecule has 0 bridgehead atoms. The first-order valence-electron chi connectivity index (χ1n) is 31.4. The third kappa shape index (κ3) is 30.6. The van der Waals surface area contributed by atoms with Crippen molar-refractivity contribution in [1.29, 1.82) is 0 Å². The van der Waals surface area contributed by atoms with E-state index in [2.05, 4.69) is 37.2 Å². The largest absolute Gasteiger partial charge is 0.394 e. The van der Waals surface area contributed by atoms with E-state index >= 15 is 0 Å². The van der Waals surface area contributed by atoms with Gasteiger partial charge in [-0.3, -0.25) is 28.8 Å². The monoisotopic (exact) mass is 1290 g/mol. The molecule has 89 heavy (non-hydrogen) atoms. The molecule has 3 aliphatic rings. The molecule has 16 N–H and O–H groups in total. The first kappa shape index (κ1) is 79.3. The van der Waals surface area contributed by atoms with Crippen LogP contribution in [0.5, 0.6) is 0 Å². The molecule has 0 aromatic heterocycles. The molecule has 3 fully saturated rings. The Hall–Kier alpha value is -3.94. The molecule has 3 aliphatic heterocycles. The van der Waals surface area contributed by atoms with Crippen LogP contribution in [0.15, 0.2) is 0 Å². The molecule has 518 valence electrons. The maximum atomic E-state index is 12.8. The van der Waals surface area contributed by atoms with Crippen LogP contribution >= 0.6 is 0 Å². The fourth-order valence-electron chi connectivity index (χ4n) is 9.89. The van der Waals surface area contributed by atoms with Crippen molar-refractivity contribution in [2.45, 2.75) is 197 Å². The SMILES string of the molecule is CC(C)NC(COCCC(=O)NCCNC(=O)CCCCO[C@@H]1OC(CO)[C@H](O)[C@H](O)C1C)(COCCC(=O)NCCNC(=O)CCCCO[C@@H]1OC(CO)[C@H](O)[C@H](O)C1C)COCCC(=O)NCCNC(=O)CCCCO[C@@H]1OC(CO)[C@H](O)[C@H](O)C1C. The van der Waals surface area contributed by atoms with Crippen LogP contribution in [0.2, 0.25) is 0 Å². The minimum absolute atomic E-state index is 0.00101. The van der Waals surface area contributed by atoms with E-state index in [1.165, 1.54) is 0 Å². The zero-order chi connectivity index (χ0) is 65.7. The molecule has 0 spiro atoms. The van der Waals surface area contributed by atoms with Crippen molar-refractivity contribution in [2.75, 3.05) is 119 Å². The van der Waals surface area contributed by atoms with Crippen LogP contribution in [0.1, 0.15) is 112 Å². The van der Waals surface area contributed by atoms with E-state index in [1.807, 2.05) is 13.8 Å². The summed E-state index contributed by atoms with van der Waals surface area (Å²) in [7, 11) is 0. The van der Waals surface area contributed by atoms with E-state index in [0.29, 0.717) is 38.5 Å². The lowest BCUT2D eigenvalue weighted by molar-refractivity contribution is -0.282. The Labute approximate surface area is 522 Å². The van der Waals surface area contributed by atoms with Crippen molar-refractivity contribution >= 4 is 35.4 Å². The maximum Gasteiger partial charge on any atom is 0.222 e. The summed E-state index contributed by atoms with van der Waals surface area (Å²) in [6.45, 7) is 9.21. The molecule has 0 radical (unpaired) electrons. The van der Waals surface area contributed by atoms with Crippen molar-refractivity contribution in [2.24, 2.45) is 17.8 Å². The minimum Gasteiger partial charge on any atom is -0.394 e. The Morgan fingerprint density at radius 1 is 0.382 bits per heavy atom. The van der Waals surface area contributed by atoms with Crippen molar-refractivity contribution in [3.8, 4) is 0 Å². The molecule has 15 atom stereocenters. The van der Waals surface area contributed by atoms with Gasteiger partial charge >= 0.3 is 0 Å². The normalized spacial score (nSPS) is 27.7. The third-order valence-electron chi connectivity index (χ3n) is 15.3. The number of unbranched alkanes of at least 4 members (excludes halogenated alkanes) is 3. The van der Waals surface area contributed by atoms with Gasteiger partial charge in [0, 0.05) is 121 Å².